The number of nitrogens with one attached hydrogen (secondary N) is 1. The fourth-order valence-electron chi connectivity index (χ4n) is 4.28. The molecular formula is C16H20N2OS. The Balaban J connectivity index is 1.71. The molecule has 3 unspecified atom stereocenters. The molecule has 3 nitrogen and oxygen atoms in total. The quantitative estimate of drug-likeness (QED) is 0.860. The Labute approximate surface area is 123 Å². The largest absolute Gasteiger partial charge is 0.497 e. The van der Waals surface area contributed by atoms with Crippen LogP contribution in [0.4, 0.5) is 0 Å². The molecule has 1 aromatic heterocycles. The number of aromatic amines is 1. The van der Waals surface area contributed by atoms with Crippen molar-refractivity contribution in [3.8, 4) is 5.75 Å². The first-order valence-corrected chi connectivity index (χ1v) is 7.92. The van der Waals surface area contributed by atoms with Crippen molar-refractivity contribution in [2.45, 2.75) is 32.2 Å². The van der Waals surface area contributed by atoms with Crippen LogP contribution in [-0.2, 0) is 6.54 Å². The summed E-state index contributed by atoms with van der Waals surface area (Å²) in [5.41, 5.74) is 2.29. The van der Waals surface area contributed by atoms with E-state index in [9.17, 15) is 0 Å². The van der Waals surface area contributed by atoms with Gasteiger partial charge in [-0.1, -0.05) is 6.42 Å². The topological polar surface area (TPSA) is 29.9 Å². The molecule has 106 valence electrons. The van der Waals surface area contributed by atoms with E-state index in [1.807, 2.05) is 6.07 Å². The van der Waals surface area contributed by atoms with Gasteiger partial charge < -0.3 is 14.3 Å². The van der Waals surface area contributed by atoms with Crippen LogP contribution in [0.1, 0.15) is 25.7 Å². The summed E-state index contributed by atoms with van der Waals surface area (Å²) in [6, 6.07) is 6.13. The number of methoxy groups -OCH3 is 1. The van der Waals surface area contributed by atoms with Crippen molar-refractivity contribution in [3.05, 3.63) is 23.0 Å². The zero-order valence-electron chi connectivity index (χ0n) is 11.8. The Morgan fingerprint density at radius 2 is 2.25 bits per heavy atom. The number of imidazole rings is 1. The molecular weight excluding hydrogens is 268 g/mol. The molecule has 1 N–H and O–H groups in total. The minimum Gasteiger partial charge on any atom is -0.497 e. The highest BCUT2D eigenvalue weighted by atomic mass is 32.1. The number of aromatic nitrogens is 2. The summed E-state index contributed by atoms with van der Waals surface area (Å²) in [6.07, 6.45) is 5.72. The van der Waals surface area contributed by atoms with Crippen LogP contribution >= 0.6 is 12.2 Å². The molecule has 0 amide bonds. The number of hydrogen-bond donors (Lipinski definition) is 1. The predicted octanol–water partition coefficient (Wildman–Crippen LogP) is 4.14. The lowest BCUT2D eigenvalue weighted by Crippen LogP contribution is -2.17. The summed E-state index contributed by atoms with van der Waals surface area (Å²) in [5, 5.41) is 0. The molecule has 4 heteroatoms. The van der Waals surface area contributed by atoms with E-state index in [4.69, 9.17) is 17.0 Å². The first kappa shape index (κ1) is 12.5. The van der Waals surface area contributed by atoms with Gasteiger partial charge in [0.15, 0.2) is 4.77 Å². The van der Waals surface area contributed by atoms with Gasteiger partial charge in [-0.15, -0.1) is 0 Å². The van der Waals surface area contributed by atoms with Crippen molar-refractivity contribution in [3.63, 3.8) is 0 Å². The van der Waals surface area contributed by atoms with Crippen LogP contribution in [0, 0.1) is 22.5 Å². The molecule has 0 saturated heterocycles. The molecule has 4 rings (SSSR count). The van der Waals surface area contributed by atoms with Gasteiger partial charge in [0.2, 0.25) is 0 Å². The highest BCUT2D eigenvalue weighted by Gasteiger charge is 2.39. The maximum absolute atomic E-state index is 5.52. The number of H-pyrrole nitrogens is 1. The third-order valence-corrected chi connectivity index (χ3v) is 5.61. The average Bonchev–Trinajstić information content (AvgIpc) is 3.14. The highest BCUT2D eigenvalue weighted by Crippen LogP contribution is 2.49. The molecule has 2 aliphatic carbocycles. The Bertz CT molecular complexity index is 702. The van der Waals surface area contributed by atoms with Gasteiger partial charge in [0.25, 0.3) is 0 Å². The van der Waals surface area contributed by atoms with Crippen molar-refractivity contribution >= 4 is 23.3 Å². The third kappa shape index (κ3) is 1.89. The summed E-state index contributed by atoms with van der Waals surface area (Å²) < 4.78 is 8.46. The first-order chi connectivity index (χ1) is 9.74. The monoisotopic (exact) mass is 288 g/mol. The molecule has 1 heterocycles. The average molecular weight is 288 g/mol. The summed E-state index contributed by atoms with van der Waals surface area (Å²) in [5.74, 6) is 3.62. The van der Waals surface area contributed by atoms with Crippen LogP contribution in [0.25, 0.3) is 11.0 Å². The number of hydrogen-bond acceptors (Lipinski definition) is 2. The van der Waals surface area contributed by atoms with Crippen molar-refractivity contribution in [1.82, 2.24) is 9.55 Å². The maximum atomic E-state index is 5.52. The minimum absolute atomic E-state index is 0.811. The SMILES string of the molecule is COc1ccc2[nH]c(=S)n(CC3CC4CCC3C4)c2c1. The number of benzene rings is 1. The molecule has 2 bridgehead atoms. The lowest BCUT2D eigenvalue weighted by Gasteiger charge is -2.22. The second-order valence-corrected chi connectivity index (χ2v) is 6.75. The van der Waals surface area contributed by atoms with Crippen LogP contribution < -0.4 is 4.74 Å². The lowest BCUT2D eigenvalue weighted by atomic mass is 9.89. The number of nitrogens with zero attached hydrogens (tertiary/aromatic N) is 1. The van der Waals surface area contributed by atoms with E-state index in [1.54, 1.807) is 7.11 Å². The van der Waals surface area contributed by atoms with Crippen LogP contribution in [-0.4, -0.2) is 16.7 Å². The zero-order valence-corrected chi connectivity index (χ0v) is 12.6. The van der Waals surface area contributed by atoms with E-state index in [-0.39, 0.29) is 0 Å². The summed E-state index contributed by atoms with van der Waals surface area (Å²) in [7, 11) is 1.71. The number of rotatable bonds is 3. The van der Waals surface area contributed by atoms with Crippen LogP contribution in [0.2, 0.25) is 0 Å². The van der Waals surface area contributed by atoms with Gasteiger partial charge >= 0.3 is 0 Å². The molecule has 2 aliphatic rings. The normalized spacial score (nSPS) is 28.4. The maximum Gasteiger partial charge on any atom is 0.178 e. The van der Waals surface area contributed by atoms with Gasteiger partial charge in [0.05, 0.1) is 18.1 Å². The molecule has 2 aromatic rings. The van der Waals surface area contributed by atoms with Crippen molar-refractivity contribution in [2.24, 2.45) is 17.8 Å². The van der Waals surface area contributed by atoms with Crippen molar-refractivity contribution in [1.29, 1.82) is 0 Å². The Morgan fingerprint density at radius 3 is 2.95 bits per heavy atom. The zero-order chi connectivity index (χ0) is 13.7. The molecule has 0 aliphatic heterocycles. The van der Waals surface area contributed by atoms with E-state index >= 15 is 0 Å². The Kier molecular flexibility index (Phi) is 2.88. The van der Waals surface area contributed by atoms with Gasteiger partial charge in [-0.05, 0) is 61.4 Å². The van der Waals surface area contributed by atoms with Crippen LogP contribution in [0.3, 0.4) is 0 Å². The second kappa shape index (κ2) is 4.62. The predicted molar refractivity (Wildman–Crippen MR) is 82.6 cm³/mol. The lowest BCUT2D eigenvalue weighted by molar-refractivity contribution is 0.297. The molecule has 3 atom stereocenters. The molecule has 0 radical (unpaired) electrons. The van der Waals surface area contributed by atoms with E-state index in [0.29, 0.717) is 0 Å². The van der Waals surface area contributed by atoms with Gasteiger partial charge in [0.1, 0.15) is 5.75 Å². The minimum atomic E-state index is 0.811. The van der Waals surface area contributed by atoms with Gasteiger partial charge in [-0.3, -0.25) is 0 Å². The summed E-state index contributed by atoms with van der Waals surface area (Å²) in [6.45, 7) is 1.06. The molecule has 20 heavy (non-hydrogen) atoms. The van der Waals surface area contributed by atoms with Crippen molar-refractivity contribution < 1.29 is 4.74 Å². The van der Waals surface area contributed by atoms with Gasteiger partial charge in [-0.2, -0.15) is 0 Å². The second-order valence-electron chi connectivity index (χ2n) is 6.36. The Hall–Kier alpha value is -1.29. The number of ether oxygens (including phenoxy) is 1. The summed E-state index contributed by atoms with van der Waals surface area (Å²) in [4.78, 5) is 3.32. The molecule has 1 aromatic carbocycles. The van der Waals surface area contributed by atoms with Gasteiger partial charge in [0, 0.05) is 12.6 Å². The van der Waals surface area contributed by atoms with E-state index in [2.05, 4.69) is 21.7 Å². The Morgan fingerprint density at radius 1 is 1.35 bits per heavy atom. The highest BCUT2D eigenvalue weighted by molar-refractivity contribution is 7.71. The van der Waals surface area contributed by atoms with E-state index in [1.165, 1.54) is 31.2 Å². The standard InChI is InChI=1S/C16H20N2OS/c1-19-13-4-5-14-15(8-13)18(16(20)17-14)9-12-7-10-2-3-11(12)6-10/h4-5,8,10-12H,2-3,6-7,9H2,1H3,(H,17,20). The van der Waals surface area contributed by atoms with Gasteiger partial charge in [-0.25, -0.2) is 0 Å². The number of fused-ring (bicyclic) bond motifs is 3. The van der Waals surface area contributed by atoms with Crippen molar-refractivity contribution in [2.75, 3.05) is 7.11 Å². The first-order valence-electron chi connectivity index (χ1n) is 7.51. The van der Waals surface area contributed by atoms with E-state index < -0.39 is 0 Å². The molecule has 2 fully saturated rings. The van der Waals surface area contributed by atoms with E-state index in [0.717, 1.165) is 40.3 Å². The fraction of sp³-hybridized carbons (Fsp3) is 0.562. The summed E-state index contributed by atoms with van der Waals surface area (Å²) >= 11 is 5.52. The van der Waals surface area contributed by atoms with Crippen LogP contribution in [0.15, 0.2) is 18.2 Å². The fourth-order valence-corrected chi connectivity index (χ4v) is 4.56. The third-order valence-electron chi connectivity index (χ3n) is 5.28. The van der Waals surface area contributed by atoms with Crippen LogP contribution in [0.5, 0.6) is 5.75 Å². The smallest absolute Gasteiger partial charge is 0.178 e. The molecule has 2 saturated carbocycles. The molecule has 0 spiro atoms.